The molecule has 19 heavy (non-hydrogen) atoms. The van der Waals surface area contributed by atoms with Gasteiger partial charge in [-0.15, -0.1) is 0 Å². The molecule has 1 aromatic carbocycles. The summed E-state index contributed by atoms with van der Waals surface area (Å²) >= 11 is 11.6. The number of halogens is 2. The van der Waals surface area contributed by atoms with Crippen LogP contribution in [0.1, 0.15) is 25.7 Å². The Morgan fingerprint density at radius 2 is 1.89 bits per heavy atom. The smallest absolute Gasteiger partial charge is 0.242 e. The molecule has 0 bridgehead atoms. The topological polar surface area (TPSA) is 66.4 Å². The lowest BCUT2D eigenvalue weighted by atomic mass is 9.93. The minimum absolute atomic E-state index is 0.0173. The average molecular weight is 324 g/mol. The van der Waals surface area contributed by atoms with Crippen LogP contribution in [0.4, 0.5) is 0 Å². The molecule has 7 heteroatoms. The zero-order valence-corrected chi connectivity index (χ0v) is 12.5. The summed E-state index contributed by atoms with van der Waals surface area (Å²) in [6.45, 7) is 0. The van der Waals surface area contributed by atoms with Gasteiger partial charge in [-0.2, -0.15) is 0 Å². The second kappa shape index (κ2) is 5.97. The van der Waals surface area contributed by atoms with E-state index < -0.39 is 22.2 Å². The van der Waals surface area contributed by atoms with Crippen molar-refractivity contribution >= 4 is 33.2 Å². The lowest BCUT2D eigenvalue weighted by molar-refractivity contribution is 0.101. The van der Waals surface area contributed by atoms with Crippen LogP contribution in [-0.2, 0) is 10.0 Å². The molecule has 0 amide bonds. The summed E-state index contributed by atoms with van der Waals surface area (Å²) in [5.74, 6) is 0. The molecule has 0 unspecified atom stereocenters. The number of hydrogen-bond acceptors (Lipinski definition) is 3. The fourth-order valence-corrected chi connectivity index (χ4v) is 4.28. The SMILES string of the molecule is O=S(=O)(N[C@@H]1CCCC[C@H]1O)c1ccc(Cl)cc1Cl. The van der Waals surface area contributed by atoms with Crippen LogP contribution in [-0.4, -0.2) is 25.7 Å². The molecule has 0 aromatic heterocycles. The van der Waals surface area contributed by atoms with Crippen LogP contribution in [0.5, 0.6) is 0 Å². The van der Waals surface area contributed by atoms with Crippen LogP contribution in [0.25, 0.3) is 0 Å². The van der Waals surface area contributed by atoms with Crippen molar-refractivity contribution in [1.82, 2.24) is 4.72 Å². The molecule has 0 aliphatic heterocycles. The molecule has 1 aliphatic carbocycles. The van der Waals surface area contributed by atoms with E-state index in [1.165, 1.54) is 18.2 Å². The zero-order valence-electron chi connectivity index (χ0n) is 10.1. The summed E-state index contributed by atoms with van der Waals surface area (Å²) in [7, 11) is -3.74. The van der Waals surface area contributed by atoms with E-state index in [4.69, 9.17) is 23.2 Å². The Kier molecular flexibility index (Phi) is 4.74. The van der Waals surface area contributed by atoms with E-state index in [1.54, 1.807) is 0 Å². The van der Waals surface area contributed by atoms with Crippen LogP contribution >= 0.6 is 23.2 Å². The fourth-order valence-electron chi connectivity index (χ4n) is 2.20. The van der Waals surface area contributed by atoms with Crippen LogP contribution in [0.2, 0.25) is 10.0 Å². The van der Waals surface area contributed by atoms with E-state index in [0.717, 1.165) is 12.8 Å². The number of rotatable bonds is 3. The molecular formula is C12H15Cl2NO3S. The fraction of sp³-hybridized carbons (Fsp3) is 0.500. The second-order valence-electron chi connectivity index (χ2n) is 4.65. The Labute approximate surface area is 122 Å². The van der Waals surface area contributed by atoms with Gasteiger partial charge < -0.3 is 5.11 Å². The van der Waals surface area contributed by atoms with Crippen molar-refractivity contribution in [1.29, 1.82) is 0 Å². The monoisotopic (exact) mass is 323 g/mol. The van der Waals surface area contributed by atoms with Crippen LogP contribution in [0.3, 0.4) is 0 Å². The molecule has 1 aliphatic rings. The summed E-state index contributed by atoms with van der Waals surface area (Å²) in [6, 6.07) is 3.77. The van der Waals surface area contributed by atoms with E-state index in [-0.39, 0.29) is 9.92 Å². The maximum absolute atomic E-state index is 12.2. The first-order valence-electron chi connectivity index (χ1n) is 6.05. The summed E-state index contributed by atoms with van der Waals surface area (Å²) in [6.07, 6.45) is 2.42. The van der Waals surface area contributed by atoms with Crippen LogP contribution in [0, 0.1) is 0 Å². The molecule has 2 rings (SSSR count). The molecule has 0 spiro atoms. The van der Waals surface area contributed by atoms with Crippen molar-refractivity contribution in [3.05, 3.63) is 28.2 Å². The van der Waals surface area contributed by atoms with Crippen molar-refractivity contribution in [2.75, 3.05) is 0 Å². The first kappa shape index (κ1) is 15.1. The van der Waals surface area contributed by atoms with Crippen molar-refractivity contribution in [2.45, 2.75) is 42.7 Å². The lowest BCUT2D eigenvalue weighted by Gasteiger charge is -2.28. The molecule has 0 heterocycles. The quantitative estimate of drug-likeness (QED) is 0.898. The molecule has 106 valence electrons. The summed E-state index contributed by atoms with van der Waals surface area (Å²) < 4.78 is 27.0. The van der Waals surface area contributed by atoms with Crippen LogP contribution in [0.15, 0.2) is 23.1 Å². The van der Waals surface area contributed by atoms with Crippen molar-refractivity contribution in [2.24, 2.45) is 0 Å². The van der Waals surface area contributed by atoms with E-state index in [2.05, 4.69) is 4.72 Å². The Hall–Kier alpha value is -0.330. The van der Waals surface area contributed by atoms with E-state index in [9.17, 15) is 13.5 Å². The van der Waals surface area contributed by atoms with Gasteiger partial charge in [-0.1, -0.05) is 36.0 Å². The highest BCUT2D eigenvalue weighted by molar-refractivity contribution is 7.89. The Balaban J connectivity index is 2.22. The lowest BCUT2D eigenvalue weighted by Crippen LogP contribution is -2.45. The summed E-state index contributed by atoms with van der Waals surface area (Å²) in [4.78, 5) is -0.0173. The second-order valence-corrected chi connectivity index (χ2v) is 7.18. The molecule has 2 N–H and O–H groups in total. The van der Waals surface area contributed by atoms with Gasteiger partial charge in [-0.3, -0.25) is 0 Å². The van der Waals surface area contributed by atoms with Gasteiger partial charge in [-0.25, -0.2) is 13.1 Å². The van der Waals surface area contributed by atoms with Crippen molar-refractivity contribution < 1.29 is 13.5 Å². The number of nitrogens with one attached hydrogen (secondary N) is 1. The number of sulfonamides is 1. The number of hydrogen-bond donors (Lipinski definition) is 2. The van der Waals surface area contributed by atoms with Gasteiger partial charge in [-0.05, 0) is 31.0 Å². The van der Waals surface area contributed by atoms with E-state index >= 15 is 0 Å². The van der Waals surface area contributed by atoms with Gasteiger partial charge in [0.25, 0.3) is 0 Å². The van der Waals surface area contributed by atoms with Crippen molar-refractivity contribution in [3.8, 4) is 0 Å². The Morgan fingerprint density at radius 1 is 1.21 bits per heavy atom. The maximum atomic E-state index is 12.2. The summed E-state index contributed by atoms with van der Waals surface area (Å²) in [5, 5.41) is 10.3. The van der Waals surface area contributed by atoms with Crippen LogP contribution < -0.4 is 4.72 Å². The highest BCUT2D eigenvalue weighted by Gasteiger charge is 2.29. The van der Waals surface area contributed by atoms with E-state index in [1.807, 2.05) is 0 Å². The third-order valence-electron chi connectivity index (χ3n) is 3.22. The Bertz CT molecular complexity index is 562. The number of aliphatic hydroxyl groups excluding tert-OH is 1. The Morgan fingerprint density at radius 3 is 2.53 bits per heavy atom. The maximum Gasteiger partial charge on any atom is 0.242 e. The third-order valence-corrected chi connectivity index (χ3v) is 5.43. The molecule has 1 fully saturated rings. The normalized spacial score (nSPS) is 24.4. The van der Waals surface area contributed by atoms with Crippen molar-refractivity contribution in [3.63, 3.8) is 0 Å². The minimum atomic E-state index is -3.74. The van der Waals surface area contributed by atoms with Gasteiger partial charge >= 0.3 is 0 Å². The van der Waals surface area contributed by atoms with Gasteiger partial charge in [0, 0.05) is 11.1 Å². The van der Waals surface area contributed by atoms with Gasteiger partial charge in [0.2, 0.25) is 10.0 Å². The molecular weight excluding hydrogens is 309 g/mol. The van der Waals surface area contributed by atoms with E-state index in [0.29, 0.717) is 17.9 Å². The minimum Gasteiger partial charge on any atom is -0.391 e. The largest absolute Gasteiger partial charge is 0.391 e. The first-order valence-corrected chi connectivity index (χ1v) is 8.29. The zero-order chi connectivity index (χ0) is 14.0. The number of aliphatic hydroxyl groups is 1. The highest BCUT2D eigenvalue weighted by Crippen LogP contribution is 2.26. The van der Waals surface area contributed by atoms with Gasteiger partial charge in [0.15, 0.2) is 0 Å². The standard InChI is InChI=1S/C12H15Cl2NO3S/c13-8-5-6-12(9(14)7-8)19(17,18)15-10-3-1-2-4-11(10)16/h5-7,10-11,15-16H,1-4H2/t10-,11-/m1/s1. The number of benzene rings is 1. The summed E-state index contributed by atoms with van der Waals surface area (Å²) in [5.41, 5.74) is 0. The molecule has 1 saturated carbocycles. The average Bonchev–Trinajstić information content (AvgIpc) is 2.31. The first-order chi connectivity index (χ1) is 8.90. The molecule has 4 nitrogen and oxygen atoms in total. The molecule has 2 atom stereocenters. The molecule has 1 aromatic rings. The third kappa shape index (κ3) is 3.61. The molecule has 0 radical (unpaired) electrons. The highest BCUT2D eigenvalue weighted by atomic mass is 35.5. The predicted octanol–water partition coefficient (Wildman–Crippen LogP) is 2.58. The predicted molar refractivity (Wildman–Crippen MR) is 75.0 cm³/mol. The van der Waals surface area contributed by atoms with Gasteiger partial charge in [0.1, 0.15) is 4.90 Å². The van der Waals surface area contributed by atoms with Gasteiger partial charge in [0.05, 0.1) is 11.1 Å². The molecule has 0 saturated heterocycles.